The van der Waals surface area contributed by atoms with Crippen LogP contribution in [0.15, 0.2) is 0 Å². The Hall–Kier alpha value is -0.620. The van der Waals surface area contributed by atoms with Crippen LogP contribution in [0.5, 0.6) is 0 Å². The van der Waals surface area contributed by atoms with Gasteiger partial charge in [-0.15, -0.1) is 0 Å². The molecule has 2 heterocycles. The van der Waals surface area contributed by atoms with Gasteiger partial charge in [0.05, 0.1) is 6.26 Å². The molecule has 1 N–H and O–H groups in total. The molecule has 86 valence electrons. The van der Waals surface area contributed by atoms with Gasteiger partial charge in [0.2, 0.25) is 15.9 Å². The third-order valence-corrected chi connectivity index (χ3v) is 4.59. The van der Waals surface area contributed by atoms with Crippen molar-refractivity contribution in [3.8, 4) is 0 Å². The van der Waals surface area contributed by atoms with Crippen LogP contribution in [0.25, 0.3) is 0 Å². The zero-order valence-electron chi connectivity index (χ0n) is 8.77. The molecule has 1 amide bonds. The van der Waals surface area contributed by atoms with Gasteiger partial charge in [0.1, 0.15) is 0 Å². The van der Waals surface area contributed by atoms with Gasteiger partial charge in [-0.05, 0) is 18.8 Å². The smallest absolute Gasteiger partial charge is 0.223 e. The number of rotatable bonds is 2. The van der Waals surface area contributed by atoms with E-state index in [1.807, 2.05) is 0 Å². The van der Waals surface area contributed by atoms with E-state index in [-0.39, 0.29) is 17.7 Å². The molecule has 0 aromatic rings. The van der Waals surface area contributed by atoms with Crippen LogP contribution in [0.4, 0.5) is 0 Å². The second kappa shape index (κ2) is 3.75. The predicted molar refractivity (Wildman–Crippen MR) is 55.6 cm³/mol. The first kappa shape index (κ1) is 10.9. The molecule has 6 heteroatoms. The van der Waals surface area contributed by atoms with Crippen molar-refractivity contribution in [2.75, 3.05) is 25.9 Å². The Kier molecular flexibility index (Phi) is 2.72. The lowest BCUT2D eigenvalue weighted by Crippen LogP contribution is -2.30. The van der Waals surface area contributed by atoms with E-state index in [0.717, 1.165) is 19.4 Å². The van der Waals surface area contributed by atoms with E-state index >= 15 is 0 Å². The minimum Gasteiger partial charge on any atom is -0.356 e. The lowest BCUT2D eigenvalue weighted by Gasteiger charge is -2.16. The number of carbonyl (C=O) groups excluding carboxylic acids is 1. The van der Waals surface area contributed by atoms with Crippen molar-refractivity contribution >= 4 is 15.9 Å². The van der Waals surface area contributed by atoms with Crippen LogP contribution in [0, 0.1) is 11.8 Å². The van der Waals surface area contributed by atoms with Gasteiger partial charge < -0.3 is 5.32 Å². The number of hydrogen-bond acceptors (Lipinski definition) is 3. The normalized spacial score (nSPS) is 33.3. The fraction of sp³-hybridized carbons (Fsp3) is 0.889. The minimum absolute atomic E-state index is 0.0248. The van der Waals surface area contributed by atoms with Crippen LogP contribution in [-0.4, -0.2) is 44.5 Å². The van der Waals surface area contributed by atoms with Crippen LogP contribution in [0.1, 0.15) is 12.8 Å². The average Bonchev–Trinajstić information content (AvgIpc) is 2.69. The summed E-state index contributed by atoms with van der Waals surface area (Å²) < 4.78 is 24.1. The SMILES string of the molecule is CS(=O)(=O)N1CCC(C2CCNC2=O)C1. The summed E-state index contributed by atoms with van der Waals surface area (Å²) in [5.41, 5.74) is 0. The quantitative estimate of drug-likeness (QED) is 0.691. The second-order valence-corrected chi connectivity index (χ2v) is 6.34. The number of amides is 1. The van der Waals surface area contributed by atoms with E-state index in [0.29, 0.717) is 13.1 Å². The Morgan fingerprint density at radius 2 is 2.13 bits per heavy atom. The van der Waals surface area contributed by atoms with Gasteiger partial charge in [-0.2, -0.15) is 0 Å². The summed E-state index contributed by atoms with van der Waals surface area (Å²) >= 11 is 0. The molecule has 5 nitrogen and oxygen atoms in total. The first-order valence-electron chi connectivity index (χ1n) is 5.21. The second-order valence-electron chi connectivity index (χ2n) is 4.36. The maximum atomic E-state index is 11.4. The van der Waals surface area contributed by atoms with Crippen LogP contribution in [0.2, 0.25) is 0 Å². The monoisotopic (exact) mass is 232 g/mol. The number of nitrogens with one attached hydrogen (secondary N) is 1. The van der Waals surface area contributed by atoms with Gasteiger partial charge >= 0.3 is 0 Å². The fourth-order valence-corrected chi connectivity index (χ4v) is 3.35. The molecule has 2 fully saturated rings. The van der Waals surface area contributed by atoms with E-state index in [9.17, 15) is 13.2 Å². The number of carbonyl (C=O) groups is 1. The molecule has 2 saturated heterocycles. The molecule has 0 aromatic carbocycles. The van der Waals surface area contributed by atoms with Crippen molar-refractivity contribution in [2.45, 2.75) is 12.8 Å². The lowest BCUT2D eigenvalue weighted by atomic mass is 9.90. The number of nitrogens with zero attached hydrogens (tertiary/aromatic N) is 1. The van der Waals surface area contributed by atoms with Crippen molar-refractivity contribution in [1.29, 1.82) is 0 Å². The molecular formula is C9H16N2O3S. The molecule has 0 saturated carbocycles. The Bertz CT molecular complexity index is 366. The van der Waals surface area contributed by atoms with Crippen molar-refractivity contribution in [3.05, 3.63) is 0 Å². The largest absolute Gasteiger partial charge is 0.356 e. The summed E-state index contributed by atoms with van der Waals surface area (Å²) in [5, 5.41) is 2.79. The van der Waals surface area contributed by atoms with Gasteiger partial charge in [-0.1, -0.05) is 0 Å². The minimum atomic E-state index is -3.08. The molecule has 0 radical (unpaired) electrons. The molecule has 0 aromatic heterocycles. The molecule has 0 bridgehead atoms. The molecule has 2 aliphatic heterocycles. The maximum absolute atomic E-state index is 11.4. The van der Waals surface area contributed by atoms with Gasteiger partial charge in [0, 0.05) is 25.6 Å². The molecule has 0 aliphatic carbocycles. The third-order valence-electron chi connectivity index (χ3n) is 3.32. The van der Waals surface area contributed by atoms with Gasteiger partial charge in [-0.3, -0.25) is 4.79 Å². The molecule has 0 spiro atoms. The van der Waals surface area contributed by atoms with Crippen LogP contribution >= 0.6 is 0 Å². The maximum Gasteiger partial charge on any atom is 0.223 e. The topological polar surface area (TPSA) is 66.5 Å². The summed E-state index contributed by atoms with van der Waals surface area (Å²) in [7, 11) is -3.08. The zero-order chi connectivity index (χ0) is 11.1. The molecule has 2 unspecified atom stereocenters. The van der Waals surface area contributed by atoms with Crippen LogP contribution < -0.4 is 5.32 Å². The molecule has 2 aliphatic rings. The Balaban J connectivity index is 2.01. The van der Waals surface area contributed by atoms with E-state index < -0.39 is 10.0 Å². The number of sulfonamides is 1. The molecular weight excluding hydrogens is 216 g/mol. The van der Waals surface area contributed by atoms with Gasteiger partial charge in [0.15, 0.2) is 0 Å². The number of hydrogen-bond donors (Lipinski definition) is 1. The Morgan fingerprint density at radius 3 is 2.60 bits per heavy atom. The summed E-state index contributed by atoms with van der Waals surface area (Å²) in [5.74, 6) is 0.328. The van der Waals surface area contributed by atoms with Crippen molar-refractivity contribution < 1.29 is 13.2 Å². The van der Waals surface area contributed by atoms with E-state index in [1.54, 1.807) is 0 Å². The van der Waals surface area contributed by atoms with Crippen LogP contribution in [-0.2, 0) is 14.8 Å². The first-order valence-corrected chi connectivity index (χ1v) is 7.06. The van der Waals surface area contributed by atoms with E-state index in [4.69, 9.17) is 0 Å². The molecule has 2 rings (SSSR count). The lowest BCUT2D eigenvalue weighted by molar-refractivity contribution is -0.123. The Labute approximate surface area is 89.9 Å². The van der Waals surface area contributed by atoms with E-state index in [1.165, 1.54) is 10.6 Å². The van der Waals surface area contributed by atoms with Crippen LogP contribution in [0.3, 0.4) is 0 Å². The van der Waals surface area contributed by atoms with Crippen molar-refractivity contribution in [2.24, 2.45) is 11.8 Å². The van der Waals surface area contributed by atoms with E-state index in [2.05, 4.69) is 5.32 Å². The highest BCUT2D eigenvalue weighted by Gasteiger charge is 2.38. The van der Waals surface area contributed by atoms with Gasteiger partial charge in [0.25, 0.3) is 0 Å². The summed E-state index contributed by atoms with van der Waals surface area (Å²) in [6, 6.07) is 0. The van der Waals surface area contributed by atoms with Crippen molar-refractivity contribution in [1.82, 2.24) is 9.62 Å². The molecule has 2 atom stereocenters. The van der Waals surface area contributed by atoms with Crippen molar-refractivity contribution in [3.63, 3.8) is 0 Å². The van der Waals surface area contributed by atoms with Gasteiger partial charge in [-0.25, -0.2) is 12.7 Å². The summed E-state index contributed by atoms with van der Waals surface area (Å²) in [6.45, 7) is 1.81. The first-order chi connectivity index (χ1) is 6.98. The zero-order valence-corrected chi connectivity index (χ0v) is 9.59. The highest BCUT2D eigenvalue weighted by atomic mass is 32.2. The highest BCUT2D eigenvalue weighted by molar-refractivity contribution is 7.88. The standard InChI is InChI=1S/C9H16N2O3S/c1-15(13,14)11-5-3-7(6-11)8-2-4-10-9(8)12/h7-8H,2-6H2,1H3,(H,10,12). The third kappa shape index (κ3) is 2.15. The predicted octanol–water partition coefficient (Wildman–Crippen LogP) is -0.596. The molecule has 15 heavy (non-hydrogen) atoms. The Morgan fingerprint density at radius 1 is 1.40 bits per heavy atom. The summed E-state index contributed by atoms with van der Waals surface area (Å²) in [6.07, 6.45) is 2.89. The highest BCUT2D eigenvalue weighted by Crippen LogP contribution is 2.29. The fourth-order valence-electron chi connectivity index (χ4n) is 2.45. The summed E-state index contributed by atoms with van der Waals surface area (Å²) in [4.78, 5) is 11.4. The average molecular weight is 232 g/mol.